The van der Waals surface area contributed by atoms with Crippen molar-refractivity contribution in [2.75, 3.05) is 6.54 Å². The van der Waals surface area contributed by atoms with Gasteiger partial charge in [-0.2, -0.15) is 0 Å². The maximum atomic E-state index is 14.3. The molecule has 0 heterocycles. The van der Waals surface area contributed by atoms with Crippen molar-refractivity contribution in [2.24, 2.45) is 0 Å². The molecule has 2 heteroatoms. The molecule has 0 aliphatic heterocycles. The van der Waals surface area contributed by atoms with Crippen LogP contribution in [0.15, 0.2) is 36.4 Å². The molecule has 0 spiro atoms. The van der Waals surface area contributed by atoms with Gasteiger partial charge in [0.15, 0.2) is 0 Å². The maximum Gasteiger partial charge on any atom is 0.131 e. The highest BCUT2D eigenvalue weighted by Crippen LogP contribution is 2.29. The van der Waals surface area contributed by atoms with Gasteiger partial charge in [0.1, 0.15) is 5.82 Å². The molecule has 1 atom stereocenters. The van der Waals surface area contributed by atoms with Crippen molar-refractivity contribution in [3.05, 3.63) is 58.9 Å². The zero-order chi connectivity index (χ0) is 15.4. The second kappa shape index (κ2) is 6.86. The van der Waals surface area contributed by atoms with Crippen LogP contribution in [0.25, 0.3) is 11.1 Å². The fraction of sp³-hybridized carbons (Fsp3) is 0.368. The summed E-state index contributed by atoms with van der Waals surface area (Å²) in [7, 11) is 0. The predicted molar refractivity (Wildman–Crippen MR) is 88.0 cm³/mol. The van der Waals surface area contributed by atoms with Crippen molar-refractivity contribution in [2.45, 2.75) is 40.2 Å². The third-order valence-electron chi connectivity index (χ3n) is 3.81. The third kappa shape index (κ3) is 3.70. The first-order valence-corrected chi connectivity index (χ1v) is 7.63. The molecule has 0 bridgehead atoms. The molecule has 21 heavy (non-hydrogen) atoms. The van der Waals surface area contributed by atoms with Crippen LogP contribution in [0.3, 0.4) is 0 Å². The van der Waals surface area contributed by atoms with E-state index in [0.29, 0.717) is 5.56 Å². The minimum Gasteiger partial charge on any atom is -0.310 e. The van der Waals surface area contributed by atoms with Gasteiger partial charge in [0.05, 0.1) is 0 Å². The van der Waals surface area contributed by atoms with Crippen molar-refractivity contribution in [3.8, 4) is 11.1 Å². The molecule has 0 amide bonds. The van der Waals surface area contributed by atoms with Crippen LogP contribution >= 0.6 is 0 Å². The lowest BCUT2D eigenvalue weighted by Gasteiger charge is -2.16. The Bertz CT molecular complexity index is 596. The van der Waals surface area contributed by atoms with Crippen LogP contribution in [0.4, 0.5) is 4.39 Å². The minimum absolute atomic E-state index is 0.140. The number of hydrogen-bond acceptors (Lipinski definition) is 1. The normalized spacial score (nSPS) is 12.4. The summed E-state index contributed by atoms with van der Waals surface area (Å²) in [6.07, 6.45) is 1.11. The molecule has 112 valence electrons. The van der Waals surface area contributed by atoms with Crippen LogP contribution in [-0.2, 0) is 0 Å². The van der Waals surface area contributed by atoms with Gasteiger partial charge in [-0.3, -0.25) is 0 Å². The molecule has 2 aromatic carbocycles. The number of aryl methyl sites for hydroxylation is 2. The van der Waals surface area contributed by atoms with Gasteiger partial charge >= 0.3 is 0 Å². The van der Waals surface area contributed by atoms with E-state index in [9.17, 15) is 4.39 Å². The summed E-state index contributed by atoms with van der Waals surface area (Å²) >= 11 is 0. The number of rotatable bonds is 5. The zero-order valence-corrected chi connectivity index (χ0v) is 13.3. The largest absolute Gasteiger partial charge is 0.310 e. The van der Waals surface area contributed by atoms with E-state index in [1.807, 2.05) is 32.0 Å². The molecule has 0 saturated heterocycles. The lowest BCUT2D eigenvalue weighted by Crippen LogP contribution is -2.19. The Labute approximate surface area is 127 Å². The highest BCUT2D eigenvalue weighted by Gasteiger charge is 2.11. The van der Waals surface area contributed by atoms with E-state index >= 15 is 0 Å². The van der Waals surface area contributed by atoms with Gasteiger partial charge in [0, 0.05) is 11.6 Å². The second-order valence-corrected chi connectivity index (χ2v) is 5.74. The van der Waals surface area contributed by atoms with E-state index in [1.165, 1.54) is 5.56 Å². The standard InChI is InChI=1S/C19H24FN/c1-5-9-21-15(4)16-7-6-8-17(12-16)19-14(3)10-13(2)11-18(19)20/h6-8,10-12,15,21H,5,9H2,1-4H3. The Balaban J connectivity index is 2.38. The summed E-state index contributed by atoms with van der Waals surface area (Å²) in [5.41, 5.74) is 4.81. The van der Waals surface area contributed by atoms with Gasteiger partial charge in [-0.25, -0.2) is 4.39 Å². The van der Waals surface area contributed by atoms with Gasteiger partial charge in [0.25, 0.3) is 0 Å². The van der Waals surface area contributed by atoms with Crippen molar-refractivity contribution >= 4 is 0 Å². The van der Waals surface area contributed by atoms with Crippen molar-refractivity contribution in [1.29, 1.82) is 0 Å². The van der Waals surface area contributed by atoms with E-state index < -0.39 is 0 Å². The van der Waals surface area contributed by atoms with Crippen molar-refractivity contribution in [3.63, 3.8) is 0 Å². The molecule has 0 aliphatic rings. The second-order valence-electron chi connectivity index (χ2n) is 5.74. The predicted octanol–water partition coefficient (Wildman–Crippen LogP) is 5.17. The number of nitrogens with one attached hydrogen (secondary N) is 1. The Kier molecular flexibility index (Phi) is 5.13. The monoisotopic (exact) mass is 285 g/mol. The Morgan fingerprint density at radius 3 is 2.57 bits per heavy atom. The smallest absolute Gasteiger partial charge is 0.131 e. The van der Waals surface area contributed by atoms with Crippen LogP contribution in [0.1, 0.15) is 43.0 Å². The van der Waals surface area contributed by atoms with E-state index in [1.54, 1.807) is 6.07 Å². The topological polar surface area (TPSA) is 12.0 Å². The van der Waals surface area contributed by atoms with Gasteiger partial charge in [-0.1, -0.05) is 31.2 Å². The maximum absolute atomic E-state index is 14.3. The Hall–Kier alpha value is -1.67. The Morgan fingerprint density at radius 1 is 1.14 bits per heavy atom. The number of benzene rings is 2. The van der Waals surface area contributed by atoms with Crippen molar-refractivity contribution in [1.82, 2.24) is 5.32 Å². The van der Waals surface area contributed by atoms with Gasteiger partial charge in [-0.15, -0.1) is 0 Å². The van der Waals surface area contributed by atoms with E-state index in [2.05, 4.69) is 31.3 Å². The molecule has 0 aliphatic carbocycles. The molecule has 0 radical (unpaired) electrons. The van der Waals surface area contributed by atoms with Crippen molar-refractivity contribution < 1.29 is 4.39 Å². The molecule has 1 N–H and O–H groups in total. The van der Waals surface area contributed by atoms with Crippen LogP contribution in [0, 0.1) is 19.7 Å². The molecule has 2 aromatic rings. The van der Waals surface area contributed by atoms with Gasteiger partial charge < -0.3 is 5.32 Å². The number of halogens is 1. The molecule has 2 rings (SSSR count). The molecule has 1 nitrogen and oxygen atoms in total. The molecule has 0 saturated carbocycles. The van der Waals surface area contributed by atoms with Crippen LogP contribution in [-0.4, -0.2) is 6.54 Å². The van der Waals surface area contributed by atoms with Crippen LogP contribution < -0.4 is 5.32 Å². The van der Waals surface area contributed by atoms with Crippen LogP contribution in [0.2, 0.25) is 0 Å². The average molecular weight is 285 g/mol. The average Bonchev–Trinajstić information content (AvgIpc) is 2.44. The first kappa shape index (κ1) is 15.7. The summed E-state index contributed by atoms with van der Waals surface area (Å²) in [5, 5.41) is 3.47. The van der Waals surface area contributed by atoms with Gasteiger partial charge in [0.2, 0.25) is 0 Å². The summed E-state index contributed by atoms with van der Waals surface area (Å²) in [4.78, 5) is 0. The third-order valence-corrected chi connectivity index (χ3v) is 3.81. The number of hydrogen-bond donors (Lipinski definition) is 1. The van der Waals surface area contributed by atoms with E-state index in [0.717, 1.165) is 29.7 Å². The summed E-state index contributed by atoms with van der Waals surface area (Å²) < 4.78 is 14.3. The highest BCUT2D eigenvalue weighted by molar-refractivity contribution is 5.69. The first-order valence-electron chi connectivity index (χ1n) is 7.63. The Morgan fingerprint density at radius 2 is 1.90 bits per heavy atom. The summed E-state index contributed by atoms with van der Waals surface area (Å²) in [6.45, 7) is 9.18. The van der Waals surface area contributed by atoms with Crippen LogP contribution in [0.5, 0.6) is 0 Å². The SMILES string of the molecule is CCCNC(C)c1cccc(-c2c(C)cc(C)cc2F)c1. The molecule has 1 unspecified atom stereocenters. The minimum atomic E-state index is -0.140. The fourth-order valence-electron chi connectivity index (χ4n) is 2.72. The van der Waals surface area contributed by atoms with E-state index in [4.69, 9.17) is 0 Å². The zero-order valence-electron chi connectivity index (χ0n) is 13.3. The molecule has 0 fully saturated rings. The quantitative estimate of drug-likeness (QED) is 0.799. The van der Waals surface area contributed by atoms with Gasteiger partial charge in [-0.05, 0) is 68.1 Å². The lowest BCUT2D eigenvalue weighted by molar-refractivity contribution is 0.571. The molecular weight excluding hydrogens is 261 g/mol. The summed E-state index contributed by atoms with van der Waals surface area (Å²) in [5.74, 6) is -0.140. The lowest BCUT2D eigenvalue weighted by atomic mass is 9.95. The molecule has 0 aromatic heterocycles. The highest BCUT2D eigenvalue weighted by atomic mass is 19.1. The summed E-state index contributed by atoms with van der Waals surface area (Å²) in [6, 6.07) is 12.1. The first-order chi connectivity index (χ1) is 10.0. The molecular formula is C19H24FN. The fourth-order valence-corrected chi connectivity index (χ4v) is 2.72. The van der Waals surface area contributed by atoms with E-state index in [-0.39, 0.29) is 11.9 Å².